The number of benzene rings is 1. The topological polar surface area (TPSA) is 24.1 Å². The van der Waals surface area contributed by atoms with Crippen LogP contribution in [0.1, 0.15) is 25.8 Å². The molecule has 0 unspecified atom stereocenters. The van der Waals surface area contributed by atoms with E-state index in [1.807, 2.05) is 0 Å². The van der Waals surface area contributed by atoms with Crippen LogP contribution < -0.4 is 10.6 Å². The predicted octanol–water partition coefficient (Wildman–Crippen LogP) is 3.94. The Bertz CT molecular complexity index is 354. The fourth-order valence-electron chi connectivity index (χ4n) is 1.62. The quantitative estimate of drug-likeness (QED) is 0.670. The van der Waals surface area contributed by atoms with Gasteiger partial charge in [0.15, 0.2) is 0 Å². The average molecular weight is 378 g/mol. The van der Waals surface area contributed by atoms with Gasteiger partial charge in [0.05, 0.1) is 0 Å². The summed E-state index contributed by atoms with van der Waals surface area (Å²) < 4.78 is 2.26. The van der Waals surface area contributed by atoms with E-state index in [0.29, 0.717) is 0 Å². The molecule has 0 aliphatic carbocycles. The lowest BCUT2D eigenvalue weighted by Crippen LogP contribution is -2.24. The predicted molar refractivity (Wildman–Crippen MR) is 85.9 cm³/mol. The minimum Gasteiger partial charge on any atom is -0.316 e. The largest absolute Gasteiger partial charge is 0.316 e. The molecule has 0 heterocycles. The molecule has 0 amide bonds. The number of rotatable bonds is 8. The fourth-order valence-corrected chi connectivity index (χ4v) is 2.80. The normalized spacial score (nSPS) is 11.2. The highest BCUT2D eigenvalue weighted by Gasteiger charge is 1.99. The number of halogens is 2. The zero-order valence-corrected chi connectivity index (χ0v) is 14.3. The van der Waals surface area contributed by atoms with E-state index in [1.165, 1.54) is 12.0 Å². The second-order valence-corrected chi connectivity index (χ2v) is 6.63. The van der Waals surface area contributed by atoms with E-state index in [-0.39, 0.29) is 0 Å². The summed E-state index contributed by atoms with van der Waals surface area (Å²) in [5.41, 5.74) is 1.30. The van der Waals surface area contributed by atoms with Crippen LogP contribution in [0.2, 0.25) is 0 Å². The maximum Gasteiger partial charge on any atom is 0.0231 e. The maximum absolute atomic E-state index is 3.57. The van der Waals surface area contributed by atoms with Gasteiger partial charge in [-0.25, -0.2) is 0 Å². The van der Waals surface area contributed by atoms with Crippen molar-refractivity contribution in [2.75, 3.05) is 19.6 Å². The van der Waals surface area contributed by atoms with Gasteiger partial charge in [0, 0.05) is 15.5 Å². The number of hydrogen-bond donors (Lipinski definition) is 2. The van der Waals surface area contributed by atoms with E-state index < -0.39 is 0 Å². The van der Waals surface area contributed by atoms with Gasteiger partial charge in [-0.05, 0) is 49.7 Å². The van der Waals surface area contributed by atoms with Gasteiger partial charge in [-0.2, -0.15) is 0 Å². The van der Waals surface area contributed by atoms with Crippen LogP contribution in [0.25, 0.3) is 0 Å². The van der Waals surface area contributed by atoms with Gasteiger partial charge in [0.2, 0.25) is 0 Å². The molecule has 102 valence electrons. The van der Waals surface area contributed by atoms with Gasteiger partial charge < -0.3 is 10.6 Å². The van der Waals surface area contributed by atoms with E-state index in [0.717, 1.165) is 41.0 Å². The number of hydrogen-bond acceptors (Lipinski definition) is 2. The monoisotopic (exact) mass is 376 g/mol. The Hall–Kier alpha value is 0.1000. The van der Waals surface area contributed by atoms with E-state index in [1.54, 1.807) is 0 Å². The van der Waals surface area contributed by atoms with Gasteiger partial charge in [-0.1, -0.05) is 51.8 Å². The zero-order chi connectivity index (χ0) is 13.4. The highest BCUT2D eigenvalue weighted by atomic mass is 79.9. The van der Waals surface area contributed by atoms with Crippen molar-refractivity contribution in [1.82, 2.24) is 10.6 Å². The molecule has 0 saturated heterocycles. The van der Waals surface area contributed by atoms with Crippen LogP contribution in [-0.2, 0) is 6.54 Å². The highest BCUT2D eigenvalue weighted by Crippen LogP contribution is 2.21. The Morgan fingerprint density at radius 1 is 1.11 bits per heavy atom. The Morgan fingerprint density at radius 3 is 2.50 bits per heavy atom. The molecule has 0 bridgehead atoms. The first-order chi connectivity index (χ1) is 8.59. The molecule has 0 spiro atoms. The minimum absolute atomic E-state index is 0.733. The zero-order valence-electron chi connectivity index (χ0n) is 11.1. The summed E-state index contributed by atoms with van der Waals surface area (Å²) in [7, 11) is 0. The molecule has 0 fully saturated rings. The van der Waals surface area contributed by atoms with Crippen LogP contribution in [-0.4, -0.2) is 19.6 Å². The summed E-state index contributed by atoms with van der Waals surface area (Å²) in [6.45, 7) is 8.63. The Labute approximate surface area is 127 Å². The standard InChI is InChI=1S/C14H22Br2N2/c1-11(2)9-17-6-3-7-18-10-12-4-5-13(15)8-14(12)16/h4-5,8,11,17-18H,3,6-7,9-10H2,1-2H3. The van der Waals surface area contributed by atoms with Crippen LogP contribution in [0.3, 0.4) is 0 Å². The lowest BCUT2D eigenvalue weighted by molar-refractivity contribution is 0.530. The molecule has 0 radical (unpaired) electrons. The molecular formula is C14H22Br2N2. The lowest BCUT2D eigenvalue weighted by atomic mass is 10.2. The summed E-state index contributed by atoms with van der Waals surface area (Å²) in [5.74, 6) is 0.733. The molecule has 0 aromatic heterocycles. The third-order valence-electron chi connectivity index (χ3n) is 2.59. The summed E-state index contributed by atoms with van der Waals surface area (Å²) in [4.78, 5) is 0. The smallest absolute Gasteiger partial charge is 0.0231 e. The summed E-state index contributed by atoms with van der Waals surface area (Å²) in [6.07, 6.45) is 1.17. The molecule has 1 rings (SSSR count). The van der Waals surface area contributed by atoms with Gasteiger partial charge in [-0.15, -0.1) is 0 Å². The third-order valence-corrected chi connectivity index (χ3v) is 3.82. The molecule has 4 heteroatoms. The molecule has 1 aromatic carbocycles. The van der Waals surface area contributed by atoms with Crippen molar-refractivity contribution in [3.8, 4) is 0 Å². The Kier molecular flexibility index (Phi) is 8.15. The van der Waals surface area contributed by atoms with Crippen LogP contribution in [0.5, 0.6) is 0 Å². The van der Waals surface area contributed by atoms with Gasteiger partial charge >= 0.3 is 0 Å². The molecule has 0 aliphatic rings. The first-order valence-electron chi connectivity index (χ1n) is 6.45. The molecule has 18 heavy (non-hydrogen) atoms. The first kappa shape index (κ1) is 16.2. The van der Waals surface area contributed by atoms with E-state index in [9.17, 15) is 0 Å². The Morgan fingerprint density at radius 2 is 1.83 bits per heavy atom. The maximum atomic E-state index is 3.57. The van der Waals surface area contributed by atoms with Crippen LogP contribution >= 0.6 is 31.9 Å². The molecule has 0 atom stereocenters. The van der Waals surface area contributed by atoms with Crippen molar-refractivity contribution >= 4 is 31.9 Å². The van der Waals surface area contributed by atoms with Crippen molar-refractivity contribution in [3.63, 3.8) is 0 Å². The van der Waals surface area contributed by atoms with Gasteiger partial charge in [-0.3, -0.25) is 0 Å². The first-order valence-corrected chi connectivity index (χ1v) is 8.03. The minimum atomic E-state index is 0.733. The van der Waals surface area contributed by atoms with Crippen molar-refractivity contribution < 1.29 is 0 Å². The van der Waals surface area contributed by atoms with Gasteiger partial charge in [0.1, 0.15) is 0 Å². The lowest BCUT2D eigenvalue weighted by Gasteiger charge is -2.09. The van der Waals surface area contributed by atoms with Crippen molar-refractivity contribution in [2.24, 2.45) is 5.92 Å². The summed E-state index contributed by atoms with van der Waals surface area (Å²) in [5, 5.41) is 6.91. The SMILES string of the molecule is CC(C)CNCCCNCc1ccc(Br)cc1Br. The summed E-state index contributed by atoms with van der Waals surface area (Å²) in [6, 6.07) is 6.30. The second kappa shape index (κ2) is 9.08. The number of nitrogens with one attached hydrogen (secondary N) is 2. The summed E-state index contributed by atoms with van der Waals surface area (Å²) >= 11 is 7.03. The van der Waals surface area contributed by atoms with Gasteiger partial charge in [0.25, 0.3) is 0 Å². The Balaban J connectivity index is 2.11. The molecular weight excluding hydrogens is 356 g/mol. The molecule has 0 saturated carbocycles. The van der Waals surface area contributed by atoms with Crippen LogP contribution in [0.4, 0.5) is 0 Å². The highest BCUT2D eigenvalue weighted by molar-refractivity contribution is 9.11. The van der Waals surface area contributed by atoms with E-state index in [2.05, 4.69) is 74.5 Å². The second-order valence-electron chi connectivity index (χ2n) is 4.86. The van der Waals surface area contributed by atoms with Crippen molar-refractivity contribution in [3.05, 3.63) is 32.7 Å². The third kappa shape index (κ3) is 6.88. The van der Waals surface area contributed by atoms with E-state index in [4.69, 9.17) is 0 Å². The van der Waals surface area contributed by atoms with Crippen molar-refractivity contribution in [2.45, 2.75) is 26.8 Å². The average Bonchev–Trinajstić information content (AvgIpc) is 2.30. The van der Waals surface area contributed by atoms with E-state index >= 15 is 0 Å². The molecule has 1 aromatic rings. The van der Waals surface area contributed by atoms with Crippen LogP contribution in [0, 0.1) is 5.92 Å². The molecule has 2 N–H and O–H groups in total. The van der Waals surface area contributed by atoms with Crippen molar-refractivity contribution in [1.29, 1.82) is 0 Å². The molecule has 0 aliphatic heterocycles. The fraction of sp³-hybridized carbons (Fsp3) is 0.571. The molecule has 2 nitrogen and oxygen atoms in total. The van der Waals surface area contributed by atoms with Crippen LogP contribution in [0.15, 0.2) is 27.1 Å².